The van der Waals surface area contributed by atoms with Crippen LogP contribution in [0.15, 0.2) is 0 Å². The summed E-state index contributed by atoms with van der Waals surface area (Å²) in [6.07, 6.45) is 0. The third-order valence-electron chi connectivity index (χ3n) is 0. The summed E-state index contributed by atoms with van der Waals surface area (Å²) in [5.74, 6) is 0. The summed E-state index contributed by atoms with van der Waals surface area (Å²) in [6.45, 7) is 0. The molecule has 0 atom stereocenters. The Hall–Kier alpha value is 2.13. The first-order valence-electron chi connectivity index (χ1n) is 0.894. The molecule has 0 fully saturated rings. The minimum absolute atomic E-state index is 0. The third-order valence-corrected chi connectivity index (χ3v) is 0. The smallest absolute Gasteiger partial charge is 0 e. The molecular formula is H7BiLaO4Si. The van der Waals surface area contributed by atoms with Crippen LogP contribution in [0.2, 0.25) is 0 Å². The van der Waals surface area contributed by atoms with E-state index in [-0.39, 0.29) is 61.8 Å². The van der Waals surface area contributed by atoms with Gasteiger partial charge in [-0.15, -0.1) is 0 Å². The molecule has 0 saturated heterocycles. The first-order chi connectivity index (χ1) is 2.00. The quantitative estimate of drug-likeness (QED) is 0.288. The molecular weight excluding hydrogens is 440 g/mol. The summed E-state index contributed by atoms with van der Waals surface area (Å²) in [5.41, 5.74) is 0. The second-order valence-corrected chi connectivity index (χ2v) is 1.80. The van der Waals surface area contributed by atoms with E-state index in [1.807, 2.05) is 0 Å². The van der Waals surface area contributed by atoms with Gasteiger partial charge < -0.3 is 19.2 Å². The molecule has 0 rings (SSSR count). The van der Waals surface area contributed by atoms with Crippen molar-refractivity contribution in [2.24, 2.45) is 0 Å². The largest absolute Gasteiger partial charge is 0 e. The molecule has 7 heteroatoms. The van der Waals surface area contributed by atoms with Gasteiger partial charge in [0.05, 0.1) is 0 Å². The summed E-state index contributed by atoms with van der Waals surface area (Å²) in [6, 6.07) is 0. The fourth-order valence-corrected chi connectivity index (χ4v) is 0. The van der Waals surface area contributed by atoms with Gasteiger partial charge in [-0.25, -0.2) is 0 Å². The van der Waals surface area contributed by atoms with E-state index < -0.39 is 9.05 Å². The Morgan fingerprint density at radius 3 is 0.857 bits per heavy atom. The molecule has 4 nitrogen and oxygen atoms in total. The number of rotatable bonds is 0. The van der Waals surface area contributed by atoms with Crippen LogP contribution in [0.4, 0.5) is 0 Å². The van der Waals surface area contributed by atoms with Gasteiger partial charge in [-0.1, -0.05) is 0 Å². The molecule has 0 aromatic carbocycles. The van der Waals surface area contributed by atoms with Gasteiger partial charge in [-0.2, -0.15) is 0 Å². The van der Waals surface area contributed by atoms with Crippen LogP contribution in [0.3, 0.4) is 0 Å². The maximum Gasteiger partial charge on any atom is 0 e. The van der Waals surface area contributed by atoms with E-state index >= 15 is 0 Å². The minimum atomic E-state index is -4.61. The normalized spacial score (nSPS) is 8.57. The molecule has 0 spiro atoms. The third kappa shape index (κ3) is 67.2. The first-order valence-corrected chi connectivity index (χ1v) is 2.68. The standard InChI is InChI=1S/Bi.La.H4O4Si.3H/c;;1-5(2,3)4;;;/h;;1-4H;;;. The van der Waals surface area contributed by atoms with Crippen LogP contribution in [0.1, 0.15) is 0 Å². The van der Waals surface area contributed by atoms with Crippen molar-refractivity contribution in [2.45, 2.75) is 0 Å². The Morgan fingerprint density at radius 2 is 0.857 bits per heavy atom. The Labute approximate surface area is 88.8 Å². The van der Waals surface area contributed by atoms with Gasteiger partial charge >= 0.3 is 35.3 Å². The average molecular weight is 447 g/mol. The van der Waals surface area contributed by atoms with Gasteiger partial charge in [-0.3, -0.25) is 0 Å². The Balaban J connectivity index is -0.0000000800. The number of hydrogen-bond acceptors (Lipinski definition) is 4. The number of hydrogen-bond donors (Lipinski definition) is 4. The van der Waals surface area contributed by atoms with Crippen LogP contribution in [0.25, 0.3) is 0 Å². The van der Waals surface area contributed by atoms with Crippen molar-refractivity contribution in [3.63, 3.8) is 0 Å². The molecule has 0 unspecified atom stereocenters. The monoisotopic (exact) mass is 447 g/mol. The molecule has 7 heavy (non-hydrogen) atoms. The van der Waals surface area contributed by atoms with Crippen molar-refractivity contribution in [3.05, 3.63) is 0 Å². The van der Waals surface area contributed by atoms with Crippen molar-refractivity contribution in [1.82, 2.24) is 0 Å². The van der Waals surface area contributed by atoms with Crippen LogP contribution in [-0.2, 0) is 0 Å². The summed E-state index contributed by atoms with van der Waals surface area (Å²) < 4.78 is 0. The summed E-state index contributed by atoms with van der Waals surface area (Å²) in [5, 5.41) is 0. The molecule has 0 aliphatic rings. The zero-order valence-electron chi connectivity index (χ0n) is 3.57. The summed E-state index contributed by atoms with van der Waals surface area (Å²) in [7, 11) is -4.61. The predicted molar refractivity (Wildman–Crippen MR) is 24.6 cm³/mol. The second kappa shape index (κ2) is 6.26. The summed E-state index contributed by atoms with van der Waals surface area (Å²) in [4.78, 5) is 29.3. The van der Waals surface area contributed by atoms with Crippen LogP contribution < -0.4 is 0 Å². The van der Waals surface area contributed by atoms with Gasteiger partial charge in [-0.05, 0) is 0 Å². The maximum absolute atomic E-state index is 7.33. The molecule has 0 aliphatic carbocycles. The van der Waals surface area contributed by atoms with Gasteiger partial charge in [0.2, 0.25) is 0 Å². The van der Waals surface area contributed by atoms with Crippen molar-refractivity contribution < 1.29 is 54.8 Å². The molecule has 0 aromatic heterocycles. The fraction of sp³-hybridized carbons (Fsp3) is 0. The Kier molecular flexibility index (Phi) is 14.4. The van der Waals surface area contributed by atoms with Gasteiger partial charge in [0.1, 0.15) is 0 Å². The van der Waals surface area contributed by atoms with Crippen LogP contribution in [-0.4, -0.2) is 54.4 Å². The molecule has 0 bridgehead atoms. The SMILES string of the molecule is O[Si](O)(O)O.[BiH3].[La]. The van der Waals surface area contributed by atoms with Crippen molar-refractivity contribution in [1.29, 1.82) is 0 Å². The van der Waals surface area contributed by atoms with E-state index in [9.17, 15) is 0 Å². The minimum Gasteiger partial charge on any atom is 0 e. The molecule has 0 heterocycles. The second-order valence-electron chi connectivity index (χ2n) is 0.600. The van der Waals surface area contributed by atoms with Crippen molar-refractivity contribution in [3.8, 4) is 0 Å². The topological polar surface area (TPSA) is 80.9 Å². The fourth-order valence-electron chi connectivity index (χ4n) is 0. The molecule has 43 valence electrons. The average Bonchev–Trinajstić information content (AvgIpc) is 0.722. The Morgan fingerprint density at radius 1 is 0.857 bits per heavy atom. The van der Waals surface area contributed by atoms with Gasteiger partial charge in [0.15, 0.2) is 0 Å². The van der Waals surface area contributed by atoms with E-state index in [1.54, 1.807) is 0 Å². The van der Waals surface area contributed by atoms with E-state index in [1.165, 1.54) is 0 Å². The molecule has 1 radical (unpaired) electrons. The molecule has 0 amide bonds. The maximum atomic E-state index is 7.33. The molecule has 0 aliphatic heterocycles. The first kappa shape index (κ1) is 16.1. The Bertz CT molecular complexity index is 27.2. The van der Waals surface area contributed by atoms with Crippen LogP contribution in [0, 0.1) is 35.6 Å². The van der Waals surface area contributed by atoms with Crippen molar-refractivity contribution in [2.75, 3.05) is 0 Å². The zero-order chi connectivity index (χ0) is 4.50. The molecule has 4 N–H and O–H groups in total. The van der Waals surface area contributed by atoms with Gasteiger partial charge in [0, 0.05) is 35.6 Å². The van der Waals surface area contributed by atoms with E-state index in [0.29, 0.717) is 0 Å². The van der Waals surface area contributed by atoms with E-state index in [0.717, 1.165) is 0 Å². The van der Waals surface area contributed by atoms with Crippen LogP contribution >= 0.6 is 0 Å². The zero-order valence-corrected chi connectivity index (χ0v) is 13.7. The van der Waals surface area contributed by atoms with Crippen LogP contribution in [0.5, 0.6) is 0 Å². The van der Waals surface area contributed by atoms with E-state index in [2.05, 4.69) is 0 Å². The predicted octanol–water partition coefficient (Wildman–Crippen LogP) is -3.79. The summed E-state index contributed by atoms with van der Waals surface area (Å²) >= 11 is 0. The van der Waals surface area contributed by atoms with Gasteiger partial charge in [0.25, 0.3) is 0 Å². The van der Waals surface area contributed by atoms with E-state index in [4.69, 9.17) is 19.2 Å². The molecule has 0 saturated carbocycles. The molecule has 0 aromatic rings. The van der Waals surface area contributed by atoms with Crippen molar-refractivity contribution >= 4 is 35.3 Å².